The normalized spacial score (nSPS) is 13.9. The van der Waals surface area contributed by atoms with E-state index in [2.05, 4.69) is 5.32 Å². The van der Waals surface area contributed by atoms with Crippen molar-refractivity contribution < 1.29 is 14.2 Å². The van der Waals surface area contributed by atoms with E-state index in [1.807, 2.05) is 19.1 Å². The largest absolute Gasteiger partial charge is 0.493 e. The summed E-state index contributed by atoms with van der Waals surface area (Å²) >= 11 is 6.38. The van der Waals surface area contributed by atoms with Gasteiger partial charge in [0.25, 0.3) is 0 Å². The second-order valence-corrected chi connectivity index (χ2v) is 4.83. The van der Waals surface area contributed by atoms with Crippen LogP contribution in [0.4, 0.5) is 0 Å². The number of ether oxygens (including phenoxy) is 3. The fourth-order valence-electron chi connectivity index (χ4n) is 1.89. The van der Waals surface area contributed by atoms with Gasteiger partial charge >= 0.3 is 0 Å². The minimum Gasteiger partial charge on any atom is -0.493 e. The number of rotatable bonds is 8. The molecule has 3 N–H and O–H groups in total. The highest BCUT2D eigenvalue weighted by molar-refractivity contribution is 6.33. The molecule has 2 atom stereocenters. The maximum atomic E-state index is 6.38. The molecule has 0 bridgehead atoms. The van der Waals surface area contributed by atoms with E-state index in [0.717, 1.165) is 5.56 Å². The van der Waals surface area contributed by atoms with Crippen molar-refractivity contribution in [3.63, 3.8) is 0 Å². The minimum atomic E-state index is -0.0695. The highest BCUT2D eigenvalue weighted by Gasteiger charge is 2.19. The first-order chi connectivity index (χ1) is 9.58. The Morgan fingerprint density at radius 1 is 1.25 bits per heavy atom. The van der Waals surface area contributed by atoms with Crippen LogP contribution in [0.15, 0.2) is 12.1 Å². The lowest BCUT2D eigenvalue weighted by Crippen LogP contribution is -2.34. The molecule has 0 aliphatic carbocycles. The monoisotopic (exact) mass is 302 g/mol. The molecule has 0 aromatic heterocycles. The first-order valence-corrected chi connectivity index (χ1v) is 6.83. The molecule has 0 amide bonds. The number of nitrogens with one attached hydrogen (secondary N) is 1. The molecule has 0 heterocycles. The van der Waals surface area contributed by atoms with E-state index in [4.69, 9.17) is 31.5 Å². The quantitative estimate of drug-likeness (QED) is 0.769. The molecule has 0 radical (unpaired) electrons. The molecule has 0 fully saturated rings. The summed E-state index contributed by atoms with van der Waals surface area (Å²) in [6, 6.07) is 3.65. The summed E-state index contributed by atoms with van der Waals surface area (Å²) < 4.78 is 15.7. The fourth-order valence-corrected chi connectivity index (χ4v) is 2.25. The Hall–Kier alpha value is -1.01. The third-order valence-electron chi connectivity index (χ3n) is 3.18. The van der Waals surface area contributed by atoms with Crippen molar-refractivity contribution in [2.45, 2.75) is 19.1 Å². The minimum absolute atomic E-state index is 0.0695. The maximum Gasteiger partial charge on any atom is 0.179 e. The lowest BCUT2D eigenvalue weighted by molar-refractivity contribution is 0.114. The zero-order valence-electron chi connectivity index (χ0n) is 12.4. The van der Waals surface area contributed by atoms with Gasteiger partial charge < -0.3 is 25.3 Å². The van der Waals surface area contributed by atoms with Gasteiger partial charge in [0, 0.05) is 26.2 Å². The molecule has 6 heteroatoms. The molecule has 1 aromatic rings. The van der Waals surface area contributed by atoms with Crippen LogP contribution < -0.4 is 20.5 Å². The van der Waals surface area contributed by atoms with Crippen LogP contribution in [0.2, 0.25) is 5.02 Å². The number of hydrogen-bond donors (Lipinski definition) is 2. The van der Waals surface area contributed by atoms with E-state index in [9.17, 15) is 0 Å². The van der Waals surface area contributed by atoms with Crippen LogP contribution in [-0.2, 0) is 4.74 Å². The van der Waals surface area contributed by atoms with Gasteiger partial charge in [-0.05, 0) is 18.6 Å². The van der Waals surface area contributed by atoms with E-state index in [1.165, 1.54) is 0 Å². The van der Waals surface area contributed by atoms with Crippen LogP contribution >= 0.6 is 11.6 Å². The summed E-state index contributed by atoms with van der Waals surface area (Å²) in [5.74, 6) is 1.12. The predicted molar refractivity (Wildman–Crippen MR) is 80.8 cm³/mol. The fraction of sp³-hybridized carbons (Fsp3) is 0.571. The van der Waals surface area contributed by atoms with Crippen LogP contribution in [0.5, 0.6) is 11.5 Å². The Morgan fingerprint density at radius 2 is 1.95 bits per heavy atom. The second-order valence-electron chi connectivity index (χ2n) is 4.45. The molecule has 0 aliphatic rings. The van der Waals surface area contributed by atoms with Gasteiger partial charge in [0.1, 0.15) is 0 Å². The van der Waals surface area contributed by atoms with Crippen molar-refractivity contribution in [2.75, 3.05) is 34.4 Å². The first kappa shape index (κ1) is 17.0. The van der Waals surface area contributed by atoms with Crippen molar-refractivity contribution in [2.24, 2.45) is 5.73 Å². The van der Waals surface area contributed by atoms with Crippen LogP contribution in [0.25, 0.3) is 0 Å². The predicted octanol–water partition coefficient (Wildman–Crippen LogP) is 1.98. The Kier molecular flexibility index (Phi) is 7.09. The first-order valence-electron chi connectivity index (χ1n) is 6.45. The van der Waals surface area contributed by atoms with Crippen molar-refractivity contribution in [1.82, 2.24) is 5.32 Å². The smallest absolute Gasteiger partial charge is 0.179 e. The summed E-state index contributed by atoms with van der Waals surface area (Å²) in [5, 5.41) is 3.85. The van der Waals surface area contributed by atoms with Crippen LogP contribution in [0.1, 0.15) is 18.5 Å². The van der Waals surface area contributed by atoms with Gasteiger partial charge in [0.2, 0.25) is 0 Å². The summed E-state index contributed by atoms with van der Waals surface area (Å²) in [7, 11) is 4.81. The lowest BCUT2D eigenvalue weighted by Gasteiger charge is -2.22. The van der Waals surface area contributed by atoms with Gasteiger partial charge in [-0.25, -0.2) is 0 Å². The Labute approximate surface area is 125 Å². The van der Waals surface area contributed by atoms with Gasteiger partial charge in [0.15, 0.2) is 11.5 Å². The van der Waals surface area contributed by atoms with Crippen LogP contribution in [0, 0.1) is 0 Å². The number of nitrogens with two attached hydrogens (primary N) is 1. The molecule has 0 saturated carbocycles. The maximum absolute atomic E-state index is 6.38. The zero-order valence-corrected chi connectivity index (χ0v) is 13.2. The summed E-state index contributed by atoms with van der Waals surface area (Å²) in [5.41, 5.74) is 6.71. The van der Waals surface area contributed by atoms with Crippen molar-refractivity contribution in [3.8, 4) is 11.5 Å². The number of benzene rings is 1. The van der Waals surface area contributed by atoms with E-state index < -0.39 is 0 Å². The third-order valence-corrected chi connectivity index (χ3v) is 3.57. The molecule has 1 aromatic carbocycles. The molecule has 5 nitrogen and oxygen atoms in total. The standard InChI is InChI=1S/C14H23ClN2O3/c1-9(18-2)8-17-11(7-16)10-5-6-12(19-3)14(20-4)13(10)15/h5-6,9,11,17H,7-8,16H2,1-4H3. The Balaban J connectivity index is 2.98. The summed E-state index contributed by atoms with van der Waals surface area (Å²) in [4.78, 5) is 0. The highest BCUT2D eigenvalue weighted by atomic mass is 35.5. The van der Waals surface area contributed by atoms with E-state index in [0.29, 0.717) is 29.6 Å². The molecule has 2 unspecified atom stereocenters. The van der Waals surface area contributed by atoms with Gasteiger partial charge in [-0.1, -0.05) is 17.7 Å². The van der Waals surface area contributed by atoms with Gasteiger partial charge in [-0.15, -0.1) is 0 Å². The second kappa shape index (κ2) is 8.32. The number of hydrogen-bond acceptors (Lipinski definition) is 5. The number of halogens is 1. The van der Waals surface area contributed by atoms with Crippen molar-refractivity contribution in [3.05, 3.63) is 22.7 Å². The zero-order chi connectivity index (χ0) is 15.1. The molecule has 0 saturated heterocycles. The lowest BCUT2D eigenvalue weighted by atomic mass is 10.1. The third kappa shape index (κ3) is 3.99. The van der Waals surface area contributed by atoms with Crippen LogP contribution in [-0.4, -0.2) is 40.5 Å². The Morgan fingerprint density at radius 3 is 2.45 bits per heavy atom. The molecule has 0 spiro atoms. The summed E-state index contributed by atoms with van der Waals surface area (Å²) in [6.07, 6.45) is 0.1000. The SMILES string of the molecule is COc1ccc(C(CN)NCC(C)OC)c(Cl)c1OC. The summed E-state index contributed by atoms with van der Waals surface area (Å²) in [6.45, 7) is 3.09. The average Bonchev–Trinajstić information content (AvgIpc) is 2.48. The van der Waals surface area contributed by atoms with E-state index in [1.54, 1.807) is 21.3 Å². The molecule has 1 rings (SSSR count). The van der Waals surface area contributed by atoms with E-state index in [-0.39, 0.29) is 12.1 Å². The molecular formula is C14H23ClN2O3. The number of methoxy groups -OCH3 is 3. The van der Waals surface area contributed by atoms with Gasteiger partial charge in [0.05, 0.1) is 25.3 Å². The molecule has 114 valence electrons. The van der Waals surface area contributed by atoms with Gasteiger partial charge in [-0.3, -0.25) is 0 Å². The topological polar surface area (TPSA) is 65.7 Å². The van der Waals surface area contributed by atoms with Gasteiger partial charge in [-0.2, -0.15) is 0 Å². The van der Waals surface area contributed by atoms with Crippen molar-refractivity contribution >= 4 is 11.6 Å². The van der Waals surface area contributed by atoms with Crippen LogP contribution in [0.3, 0.4) is 0 Å². The van der Waals surface area contributed by atoms with E-state index >= 15 is 0 Å². The molecule has 0 aliphatic heterocycles. The molecule has 20 heavy (non-hydrogen) atoms. The molecular weight excluding hydrogens is 280 g/mol. The Bertz CT molecular complexity index is 429. The average molecular weight is 303 g/mol. The van der Waals surface area contributed by atoms with Crippen molar-refractivity contribution in [1.29, 1.82) is 0 Å². The highest BCUT2D eigenvalue weighted by Crippen LogP contribution is 2.39.